The Morgan fingerprint density at radius 2 is 1.90 bits per heavy atom. The van der Waals surface area contributed by atoms with Crippen LogP contribution in [0.1, 0.15) is 21.9 Å². The Hall–Kier alpha value is -2.69. The Morgan fingerprint density at radius 1 is 1.14 bits per heavy atom. The number of rotatable bonds is 4. The standard InChI is InChI=1S/C16H16N4O/c1-12-10-14(19(2)17-12)11-16(21)15-8-9-20(18-15)13-6-4-3-5-7-13/h3-10H,11H2,1-2H3. The van der Waals surface area contributed by atoms with E-state index in [-0.39, 0.29) is 5.78 Å². The molecule has 106 valence electrons. The molecule has 0 saturated heterocycles. The van der Waals surface area contributed by atoms with Gasteiger partial charge in [-0.25, -0.2) is 4.68 Å². The van der Waals surface area contributed by atoms with Crippen LogP contribution in [0.5, 0.6) is 0 Å². The van der Waals surface area contributed by atoms with Crippen LogP contribution in [0.25, 0.3) is 5.69 Å². The average Bonchev–Trinajstić information content (AvgIpc) is 3.07. The molecule has 2 aromatic heterocycles. The number of benzene rings is 1. The van der Waals surface area contributed by atoms with Crippen molar-refractivity contribution in [2.24, 2.45) is 7.05 Å². The van der Waals surface area contributed by atoms with Gasteiger partial charge in [0, 0.05) is 18.9 Å². The van der Waals surface area contributed by atoms with Gasteiger partial charge in [-0.2, -0.15) is 10.2 Å². The van der Waals surface area contributed by atoms with Gasteiger partial charge in [0.25, 0.3) is 0 Å². The topological polar surface area (TPSA) is 52.7 Å². The molecule has 0 amide bonds. The molecule has 3 aromatic rings. The van der Waals surface area contributed by atoms with E-state index in [9.17, 15) is 4.79 Å². The Kier molecular flexibility index (Phi) is 3.39. The molecule has 0 bridgehead atoms. The van der Waals surface area contributed by atoms with Gasteiger partial charge in [0.05, 0.1) is 17.8 Å². The monoisotopic (exact) mass is 280 g/mol. The van der Waals surface area contributed by atoms with Crippen molar-refractivity contribution in [2.45, 2.75) is 13.3 Å². The predicted octanol–water partition coefficient (Wildman–Crippen LogP) is 2.34. The number of carbonyl (C=O) groups excluding carboxylic acids is 1. The quantitative estimate of drug-likeness (QED) is 0.689. The molecule has 0 spiro atoms. The van der Waals surface area contributed by atoms with Crippen LogP contribution in [0.2, 0.25) is 0 Å². The number of para-hydroxylation sites is 1. The first kappa shape index (κ1) is 13.3. The fourth-order valence-electron chi connectivity index (χ4n) is 2.28. The van der Waals surface area contributed by atoms with Crippen LogP contribution in [0, 0.1) is 6.92 Å². The van der Waals surface area contributed by atoms with Gasteiger partial charge >= 0.3 is 0 Å². The van der Waals surface area contributed by atoms with Crippen molar-refractivity contribution in [1.29, 1.82) is 0 Å². The third-order valence-electron chi connectivity index (χ3n) is 3.34. The normalized spacial score (nSPS) is 10.8. The largest absolute Gasteiger partial charge is 0.292 e. The number of carbonyl (C=O) groups is 1. The van der Waals surface area contributed by atoms with E-state index in [1.54, 1.807) is 21.6 Å². The summed E-state index contributed by atoms with van der Waals surface area (Å²) in [7, 11) is 1.85. The zero-order valence-corrected chi connectivity index (χ0v) is 12.0. The highest BCUT2D eigenvalue weighted by Gasteiger charge is 2.13. The van der Waals surface area contributed by atoms with Crippen molar-refractivity contribution in [1.82, 2.24) is 19.6 Å². The summed E-state index contributed by atoms with van der Waals surface area (Å²) in [6, 6.07) is 13.4. The number of hydrogen-bond donors (Lipinski definition) is 0. The number of aromatic nitrogens is 4. The molecular weight excluding hydrogens is 264 g/mol. The van der Waals surface area contributed by atoms with E-state index in [1.807, 2.05) is 50.4 Å². The van der Waals surface area contributed by atoms with Gasteiger partial charge in [0.2, 0.25) is 0 Å². The van der Waals surface area contributed by atoms with Crippen molar-refractivity contribution >= 4 is 5.78 Å². The number of hydrogen-bond acceptors (Lipinski definition) is 3. The fraction of sp³-hybridized carbons (Fsp3) is 0.188. The summed E-state index contributed by atoms with van der Waals surface area (Å²) >= 11 is 0. The Balaban J connectivity index is 1.80. The van der Waals surface area contributed by atoms with Gasteiger partial charge in [-0.15, -0.1) is 0 Å². The highest BCUT2D eigenvalue weighted by Crippen LogP contribution is 2.10. The number of aryl methyl sites for hydroxylation is 2. The molecule has 0 aliphatic rings. The van der Waals surface area contributed by atoms with E-state index >= 15 is 0 Å². The molecule has 1 aromatic carbocycles. The Morgan fingerprint density at radius 3 is 2.57 bits per heavy atom. The number of nitrogens with zero attached hydrogens (tertiary/aromatic N) is 4. The summed E-state index contributed by atoms with van der Waals surface area (Å²) in [6.07, 6.45) is 2.11. The third-order valence-corrected chi connectivity index (χ3v) is 3.34. The average molecular weight is 280 g/mol. The lowest BCUT2D eigenvalue weighted by Crippen LogP contribution is -2.09. The predicted molar refractivity (Wildman–Crippen MR) is 79.5 cm³/mol. The molecule has 0 N–H and O–H groups in total. The summed E-state index contributed by atoms with van der Waals surface area (Å²) < 4.78 is 3.45. The molecule has 3 rings (SSSR count). The smallest absolute Gasteiger partial charge is 0.188 e. The summed E-state index contributed by atoms with van der Waals surface area (Å²) in [4.78, 5) is 12.3. The van der Waals surface area contributed by atoms with Crippen LogP contribution >= 0.6 is 0 Å². The maximum atomic E-state index is 12.3. The molecule has 0 atom stereocenters. The van der Waals surface area contributed by atoms with E-state index in [0.717, 1.165) is 17.1 Å². The summed E-state index contributed by atoms with van der Waals surface area (Å²) in [5.74, 6) is -0.00678. The minimum absolute atomic E-state index is 0.00678. The van der Waals surface area contributed by atoms with Crippen LogP contribution in [0.3, 0.4) is 0 Å². The first-order chi connectivity index (χ1) is 10.1. The molecular formula is C16H16N4O. The first-order valence-electron chi connectivity index (χ1n) is 6.77. The van der Waals surface area contributed by atoms with Gasteiger partial charge in [0.15, 0.2) is 5.78 Å². The maximum absolute atomic E-state index is 12.3. The second kappa shape index (κ2) is 5.36. The maximum Gasteiger partial charge on any atom is 0.188 e. The highest BCUT2D eigenvalue weighted by molar-refractivity contribution is 5.95. The molecule has 0 fully saturated rings. The lowest BCUT2D eigenvalue weighted by atomic mass is 10.1. The van der Waals surface area contributed by atoms with Crippen LogP contribution in [-0.4, -0.2) is 25.3 Å². The minimum atomic E-state index is -0.00678. The molecule has 0 aliphatic heterocycles. The molecule has 2 heterocycles. The summed E-state index contributed by atoms with van der Waals surface area (Å²) in [6.45, 7) is 1.91. The van der Waals surface area contributed by atoms with E-state index in [2.05, 4.69) is 10.2 Å². The second-order valence-corrected chi connectivity index (χ2v) is 4.98. The van der Waals surface area contributed by atoms with Crippen LogP contribution in [0.15, 0.2) is 48.7 Å². The molecule has 21 heavy (non-hydrogen) atoms. The van der Waals surface area contributed by atoms with E-state index in [1.165, 1.54) is 0 Å². The van der Waals surface area contributed by atoms with E-state index < -0.39 is 0 Å². The minimum Gasteiger partial charge on any atom is -0.292 e. The van der Waals surface area contributed by atoms with Gasteiger partial charge in [-0.05, 0) is 31.2 Å². The van der Waals surface area contributed by atoms with Gasteiger partial charge in [0.1, 0.15) is 5.69 Å². The molecule has 0 radical (unpaired) electrons. The SMILES string of the molecule is Cc1cc(CC(=O)c2ccn(-c3ccccc3)n2)n(C)n1. The number of Topliss-reactive ketones (excluding diaryl/α,β-unsaturated/α-hetero) is 1. The lowest BCUT2D eigenvalue weighted by molar-refractivity contribution is 0.0985. The van der Waals surface area contributed by atoms with Crippen molar-refractivity contribution in [3.63, 3.8) is 0 Å². The summed E-state index contributed by atoms with van der Waals surface area (Å²) in [5.41, 5.74) is 3.22. The van der Waals surface area contributed by atoms with Gasteiger partial charge in [-0.3, -0.25) is 9.48 Å². The van der Waals surface area contributed by atoms with E-state index in [0.29, 0.717) is 12.1 Å². The third kappa shape index (κ3) is 2.76. The Labute approximate surface area is 122 Å². The van der Waals surface area contributed by atoms with Crippen LogP contribution in [0.4, 0.5) is 0 Å². The first-order valence-corrected chi connectivity index (χ1v) is 6.77. The van der Waals surface area contributed by atoms with Crippen molar-refractivity contribution in [2.75, 3.05) is 0 Å². The summed E-state index contributed by atoms with van der Waals surface area (Å²) in [5, 5.41) is 8.60. The van der Waals surface area contributed by atoms with Crippen molar-refractivity contribution in [3.05, 3.63) is 65.7 Å². The van der Waals surface area contributed by atoms with Crippen molar-refractivity contribution < 1.29 is 4.79 Å². The van der Waals surface area contributed by atoms with Crippen LogP contribution < -0.4 is 0 Å². The highest BCUT2D eigenvalue weighted by atomic mass is 16.1. The van der Waals surface area contributed by atoms with Crippen LogP contribution in [-0.2, 0) is 13.5 Å². The number of ketones is 1. The molecule has 0 saturated carbocycles. The lowest BCUT2D eigenvalue weighted by Gasteiger charge is -2.01. The zero-order chi connectivity index (χ0) is 14.8. The molecule has 0 unspecified atom stereocenters. The van der Waals surface area contributed by atoms with Crippen molar-refractivity contribution in [3.8, 4) is 5.69 Å². The molecule has 5 nitrogen and oxygen atoms in total. The zero-order valence-electron chi connectivity index (χ0n) is 12.0. The molecule has 0 aliphatic carbocycles. The van der Waals surface area contributed by atoms with Gasteiger partial charge in [-0.1, -0.05) is 18.2 Å². The van der Waals surface area contributed by atoms with Gasteiger partial charge < -0.3 is 0 Å². The second-order valence-electron chi connectivity index (χ2n) is 4.98. The fourth-order valence-corrected chi connectivity index (χ4v) is 2.28. The Bertz CT molecular complexity index is 771. The molecule has 5 heteroatoms. The van der Waals surface area contributed by atoms with E-state index in [4.69, 9.17) is 0 Å².